The zero-order valence-corrected chi connectivity index (χ0v) is 8.21. The van der Waals surface area contributed by atoms with E-state index >= 15 is 0 Å². The maximum atomic E-state index is 10.4. The lowest BCUT2D eigenvalue weighted by Crippen LogP contribution is -2.15. The first-order chi connectivity index (χ1) is 7.17. The fraction of sp³-hybridized carbons (Fsp3) is 0.300. The van der Waals surface area contributed by atoms with E-state index in [1.54, 1.807) is 6.08 Å². The summed E-state index contributed by atoms with van der Waals surface area (Å²) in [6, 6.07) is 0. The van der Waals surface area contributed by atoms with Crippen molar-refractivity contribution < 1.29 is 14.6 Å². The predicted octanol–water partition coefficient (Wildman–Crippen LogP) is 1.62. The summed E-state index contributed by atoms with van der Waals surface area (Å²) in [4.78, 5) is 20.6. The smallest absolute Gasteiger partial charge is 0.328 e. The summed E-state index contributed by atoms with van der Waals surface area (Å²) in [6.45, 7) is 0. The number of nitroso groups, excluding NO2 is 1. The minimum atomic E-state index is -1.01. The highest BCUT2D eigenvalue weighted by Gasteiger charge is 2.18. The van der Waals surface area contributed by atoms with Crippen molar-refractivity contribution in [1.29, 1.82) is 0 Å². The Labute approximate surface area is 86.7 Å². The molecule has 1 aliphatic carbocycles. The van der Waals surface area contributed by atoms with E-state index in [-0.39, 0.29) is 6.10 Å². The number of rotatable bonds is 4. The van der Waals surface area contributed by atoms with E-state index in [0.717, 1.165) is 11.6 Å². The average Bonchev–Trinajstić information content (AvgIpc) is 2.25. The predicted molar refractivity (Wildman–Crippen MR) is 54.2 cm³/mol. The molecule has 0 aromatic heterocycles. The van der Waals surface area contributed by atoms with E-state index in [4.69, 9.17) is 9.84 Å². The van der Waals surface area contributed by atoms with Crippen LogP contribution in [0.25, 0.3) is 0 Å². The van der Waals surface area contributed by atoms with Crippen molar-refractivity contribution >= 4 is 5.97 Å². The quantitative estimate of drug-likeness (QED) is 0.563. The summed E-state index contributed by atoms with van der Waals surface area (Å²) in [5, 5.41) is 11.3. The number of methoxy groups -OCH3 is 1. The van der Waals surface area contributed by atoms with E-state index in [0.29, 0.717) is 12.1 Å². The van der Waals surface area contributed by atoms with Crippen molar-refractivity contribution in [2.24, 2.45) is 5.18 Å². The van der Waals surface area contributed by atoms with Gasteiger partial charge < -0.3 is 9.84 Å². The molecule has 5 heteroatoms. The molecule has 15 heavy (non-hydrogen) atoms. The van der Waals surface area contributed by atoms with Gasteiger partial charge in [0.15, 0.2) is 0 Å². The highest BCUT2D eigenvalue weighted by Crippen LogP contribution is 2.22. The van der Waals surface area contributed by atoms with Crippen LogP contribution < -0.4 is 0 Å². The zero-order chi connectivity index (χ0) is 11.3. The van der Waals surface area contributed by atoms with Crippen LogP contribution in [0, 0.1) is 4.91 Å². The fourth-order valence-corrected chi connectivity index (χ4v) is 1.28. The standard InChI is InChI=1S/C10H11NO4/c1-15-9-6-7(3-5-10(12)13)2-4-8(9)11-14/h2-5,9H,6H2,1H3,(H,12,13)/b5-3+. The van der Waals surface area contributed by atoms with Crippen LogP contribution in [0.2, 0.25) is 0 Å². The third-order valence-electron chi connectivity index (χ3n) is 2.05. The van der Waals surface area contributed by atoms with E-state index in [9.17, 15) is 9.70 Å². The number of carboxylic acid groups (broad SMARTS) is 1. The Morgan fingerprint density at radius 3 is 2.93 bits per heavy atom. The maximum Gasteiger partial charge on any atom is 0.328 e. The van der Waals surface area contributed by atoms with Gasteiger partial charge in [0, 0.05) is 19.6 Å². The van der Waals surface area contributed by atoms with Crippen molar-refractivity contribution in [3.8, 4) is 0 Å². The molecule has 80 valence electrons. The Morgan fingerprint density at radius 2 is 2.40 bits per heavy atom. The molecule has 1 aliphatic rings. The van der Waals surface area contributed by atoms with Gasteiger partial charge in [-0.05, 0) is 16.8 Å². The van der Waals surface area contributed by atoms with Gasteiger partial charge in [-0.2, -0.15) is 0 Å². The van der Waals surface area contributed by atoms with Crippen molar-refractivity contribution in [3.63, 3.8) is 0 Å². The van der Waals surface area contributed by atoms with Crippen LogP contribution in [0.4, 0.5) is 0 Å². The van der Waals surface area contributed by atoms with Crippen LogP contribution in [0.5, 0.6) is 0 Å². The second-order valence-corrected chi connectivity index (χ2v) is 3.02. The van der Waals surface area contributed by atoms with Gasteiger partial charge in [0.25, 0.3) is 0 Å². The molecular weight excluding hydrogens is 198 g/mol. The molecule has 0 saturated carbocycles. The SMILES string of the molecule is COC1CC(/C=C/C(=O)O)=CC=C1N=O. The van der Waals surface area contributed by atoms with Gasteiger partial charge in [-0.3, -0.25) is 0 Å². The van der Waals surface area contributed by atoms with Crippen LogP contribution in [-0.2, 0) is 9.53 Å². The fourth-order valence-electron chi connectivity index (χ4n) is 1.28. The first-order valence-electron chi connectivity index (χ1n) is 4.35. The normalized spacial score (nSPS) is 21.0. The highest BCUT2D eigenvalue weighted by atomic mass is 16.5. The zero-order valence-electron chi connectivity index (χ0n) is 8.21. The first-order valence-corrected chi connectivity index (χ1v) is 4.35. The minimum absolute atomic E-state index is 0.324. The number of hydrogen-bond donors (Lipinski definition) is 1. The number of nitrogens with zero attached hydrogens (tertiary/aromatic N) is 1. The summed E-state index contributed by atoms with van der Waals surface area (Å²) < 4.78 is 5.05. The number of ether oxygens (including phenoxy) is 1. The molecule has 0 aromatic rings. The molecule has 1 atom stereocenters. The molecule has 5 nitrogen and oxygen atoms in total. The molecule has 0 radical (unpaired) electrons. The second-order valence-electron chi connectivity index (χ2n) is 3.02. The van der Waals surface area contributed by atoms with Crippen molar-refractivity contribution in [2.45, 2.75) is 12.5 Å². The van der Waals surface area contributed by atoms with Gasteiger partial charge in [0.2, 0.25) is 0 Å². The Hall–Kier alpha value is -1.75. The van der Waals surface area contributed by atoms with E-state index in [1.807, 2.05) is 0 Å². The number of hydrogen-bond acceptors (Lipinski definition) is 4. The summed E-state index contributed by atoms with van der Waals surface area (Å²) in [7, 11) is 1.48. The van der Waals surface area contributed by atoms with Crippen molar-refractivity contribution in [1.82, 2.24) is 0 Å². The molecule has 1 rings (SSSR count). The molecule has 0 saturated heterocycles. The average molecular weight is 209 g/mol. The van der Waals surface area contributed by atoms with E-state index in [2.05, 4.69) is 5.18 Å². The number of allylic oxidation sites excluding steroid dienone is 3. The lowest BCUT2D eigenvalue weighted by atomic mass is 9.99. The first kappa shape index (κ1) is 11.3. The van der Waals surface area contributed by atoms with Gasteiger partial charge in [-0.15, -0.1) is 4.91 Å². The summed E-state index contributed by atoms with van der Waals surface area (Å²) in [5.41, 5.74) is 1.11. The maximum absolute atomic E-state index is 10.4. The molecular formula is C10H11NO4. The number of carboxylic acids is 1. The van der Waals surface area contributed by atoms with Gasteiger partial charge >= 0.3 is 5.97 Å². The Balaban J connectivity index is 2.79. The van der Waals surface area contributed by atoms with Crippen molar-refractivity contribution in [3.05, 3.63) is 40.5 Å². The Morgan fingerprint density at radius 1 is 1.67 bits per heavy atom. The monoisotopic (exact) mass is 209 g/mol. The lowest BCUT2D eigenvalue weighted by molar-refractivity contribution is -0.131. The molecule has 0 bridgehead atoms. The van der Waals surface area contributed by atoms with Gasteiger partial charge in [0.1, 0.15) is 11.8 Å². The molecule has 0 heterocycles. The lowest BCUT2D eigenvalue weighted by Gasteiger charge is -2.17. The van der Waals surface area contributed by atoms with E-state index in [1.165, 1.54) is 19.3 Å². The van der Waals surface area contributed by atoms with Gasteiger partial charge in [-0.1, -0.05) is 12.2 Å². The van der Waals surface area contributed by atoms with Crippen LogP contribution in [0.3, 0.4) is 0 Å². The van der Waals surface area contributed by atoms with Crippen LogP contribution >= 0.6 is 0 Å². The minimum Gasteiger partial charge on any atom is -0.478 e. The second kappa shape index (κ2) is 5.21. The highest BCUT2D eigenvalue weighted by molar-refractivity contribution is 5.80. The summed E-state index contributed by atoms with van der Waals surface area (Å²) >= 11 is 0. The van der Waals surface area contributed by atoms with Crippen molar-refractivity contribution in [2.75, 3.05) is 7.11 Å². The Kier molecular flexibility index (Phi) is 3.93. The molecule has 0 fully saturated rings. The molecule has 0 aromatic carbocycles. The number of carbonyl (C=O) groups is 1. The molecule has 0 amide bonds. The third-order valence-corrected chi connectivity index (χ3v) is 2.05. The summed E-state index contributed by atoms with van der Waals surface area (Å²) in [5.74, 6) is -1.01. The van der Waals surface area contributed by atoms with Gasteiger partial charge in [0.05, 0.1) is 0 Å². The summed E-state index contributed by atoms with van der Waals surface area (Å²) in [6.07, 6.45) is 5.79. The molecule has 1 N–H and O–H groups in total. The Bertz CT molecular complexity index is 354. The van der Waals surface area contributed by atoms with Crippen LogP contribution in [-0.4, -0.2) is 24.3 Å². The topological polar surface area (TPSA) is 76.0 Å². The third kappa shape index (κ3) is 3.14. The number of aliphatic carboxylic acids is 1. The van der Waals surface area contributed by atoms with Crippen LogP contribution in [0.1, 0.15) is 6.42 Å². The van der Waals surface area contributed by atoms with Gasteiger partial charge in [-0.25, -0.2) is 4.79 Å². The molecule has 1 unspecified atom stereocenters. The molecule has 0 spiro atoms. The van der Waals surface area contributed by atoms with E-state index < -0.39 is 5.97 Å². The van der Waals surface area contributed by atoms with Crippen LogP contribution in [0.15, 0.2) is 40.8 Å². The molecule has 0 aliphatic heterocycles. The largest absolute Gasteiger partial charge is 0.478 e.